The topological polar surface area (TPSA) is 21.1 Å². The monoisotopic (exact) mass is 345 g/mol. The van der Waals surface area contributed by atoms with Crippen LogP contribution in [0.2, 0.25) is 0 Å². The van der Waals surface area contributed by atoms with Crippen LogP contribution < -0.4 is 0 Å². The molecule has 0 bridgehead atoms. The lowest BCUT2D eigenvalue weighted by molar-refractivity contribution is 0.220. The molecule has 0 radical (unpaired) electrons. The van der Waals surface area contributed by atoms with E-state index in [2.05, 4.69) is 77.0 Å². The molecule has 2 aromatic heterocycles. The Morgan fingerprint density at radius 3 is 2.62 bits per heavy atom. The number of hydrogen-bond donors (Lipinski definition) is 0. The summed E-state index contributed by atoms with van der Waals surface area (Å²) in [5.41, 5.74) is 5.44. The Morgan fingerprint density at radius 1 is 1.04 bits per heavy atom. The molecule has 0 amide bonds. The van der Waals surface area contributed by atoms with Crippen molar-refractivity contribution in [1.82, 2.24) is 14.5 Å². The van der Waals surface area contributed by atoms with Crippen LogP contribution in [0.25, 0.3) is 0 Å². The van der Waals surface area contributed by atoms with Crippen LogP contribution in [0.15, 0.2) is 67.1 Å². The first-order valence-corrected chi connectivity index (χ1v) is 9.60. The van der Waals surface area contributed by atoms with Crippen LogP contribution in [0.4, 0.5) is 0 Å². The fraction of sp³-hybridized carbons (Fsp3) is 0.348. The molecule has 0 N–H and O–H groups in total. The predicted octanol–water partition coefficient (Wildman–Crippen LogP) is 5.00. The highest BCUT2D eigenvalue weighted by atomic mass is 15.2. The van der Waals surface area contributed by atoms with Crippen molar-refractivity contribution in [1.29, 1.82) is 0 Å². The van der Waals surface area contributed by atoms with Crippen molar-refractivity contribution in [2.75, 3.05) is 6.54 Å². The second-order valence-corrected chi connectivity index (χ2v) is 7.54. The zero-order valence-electron chi connectivity index (χ0n) is 15.7. The molecule has 0 aliphatic carbocycles. The number of pyridine rings is 1. The number of aryl methyl sites for hydroxylation is 1. The molecule has 134 valence electrons. The summed E-state index contributed by atoms with van der Waals surface area (Å²) in [6, 6.07) is 18.2. The van der Waals surface area contributed by atoms with Crippen molar-refractivity contribution < 1.29 is 0 Å². The number of benzene rings is 1. The Kier molecular flexibility index (Phi) is 4.89. The maximum absolute atomic E-state index is 4.30. The Bertz CT molecular complexity index is 833. The SMILES string of the molecule is CC(C)c1ccc(C2c3cccn3CCCN2Cc2cccnc2)cc1. The lowest BCUT2D eigenvalue weighted by Crippen LogP contribution is -2.29. The number of rotatable bonds is 4. The van der Waals surface area contributed by atoms with E-state index >= 15 is 0 Å². The molecule has 0 saturated carbocycles. The fourth-order valence-electron chi connectivity index (χ4n) is 3.98. The first-order chi connectivity index (χ1) is 12.7. The van der Waals surface area contributed by atoms with Gasteiger partial charge in [0.1, 0.15) is 0 Å². The van der Waals surface area contributed by atoms with Gasteiger partial charge >= 0.3 is 0 Å². The van der Waals surface area contributed by atoms with E-state index in [0.717, 1.165) is 19.6 Å². The van der Waals surface area contributed by atoms with Gasteiger partial charge in [-0.15, -0.1) is 0 Å². The summed E-state index contributed by atoms with van der Waals surface area (Å²) in [6.07, 6.45) is 7.23. The molecule has 3 aromatic rings. The van der Waals surface area contributed by atoms with Gasteiger partial charge in [0.05, 0.1) is 6.04 Å². The van der Waals surface area contributed by atoms with Crippen LogP contribution >= 0.6 is 0 Å². The van der Waals surface area contributed by atoms with Crippen molar-refractivity contribution in [3.05, 3.63) is 89.5 Å². The van der Waals surface area contributed by atoms with E-state index in [1.807, 2.05) is 18.5 Å². The molecule has 1 unspecified atom stereocenters. The average molecular weight is 345 g/mol. The van der Waals surface area contributed by atoms with Crippen molar-refractivity contribution in [3.63, 3.8) is 0 Å². The second kappa shape index (κ2) is 7.46. The lowest BCUT2D eigenvalue weighted by atomic mass is 9.96. The van der Waals surface area contributed by atoms with Crippen LogP contribution in [0.1, 0.15) is 54.6 Å². The molecule has 1 aromatic carbocycles. The molecular formula is C23H27N3. The highest BCUT2D eigenvalue weighted by molar-refractivity contribution is 5.33. The van der Waals surface area contributed by atoms with Crippen molar-refractivity contribution in [2.24, 2.45) is 0 Å². The Balaban J connectivity index is 1.72. The second-order valence-electron chi connectivity index (χ2n) is 7.54. The highest BCUT2D eigenvalue weighted by Gasteiger charge is 2.27. The zero-order valence-corrected chi connectivity index (χ0v) is 15.7. The minimum atomic E-state index is 0.286. The van der Waals surface area contributed by atoms with Crippen LogP contribution in [-0.4, -0.2) is 21.0 Å². The summed E-state index contributed by atoms with van der Waals surface area (Å²) in [6.45, 7) is 7.61. The number of hydrogen-bond acceptors (Lipinski definition) is 2. The molecule has 26 heavy (non-hydrogen) atoms. The maximum atomic E-state index is 4.30. The highest BCUT2D eigenvalue weighted by Crippen LogP contribution is 2.33. The van der Waals surface area contributed by atoms with Gasteiger partial charge < -0.3 is 4.57 Å². The van der Waals surface area contributed by atoms with Gasteiger partial charge in [-0.05, 0) is 47.2 Å². The van der Waals surface area contributed by atoms with Crippen LogP contribution in [0, 0.1) is 0 Å². The van der Waals surface area contributed by atoms with Crippen molar-refractivity contribution >= 4 is 0 Å². The number of fused-ring (bicyclic) bond motifs is 1. The van der Waals surface area contributed by atoms with Gasteiger partial charge in [-0.2, -0.15) is 0 Å². The third kappa shape index (κ3) is 3.45. The Labute approximate surface area is 156 Å². The lowest BCUT2D eigenvalue weighted by Gasteiger charge is -2.30. The van der Waals surface area contributed by atoms with E-state index in [4.69, 9.17) is 0 Å². The molecule has 1 atom stereocenters. The Hall–Kier alpha value is -2.39. The van der Waals surface area contributed by atoms with E-state index in [1.165, 1.54) is 28.8 Å². The van der Waals surface area contributed by atoms with Gasteiger partial charge in [0.15, 0.2) is 0 Å². The predicted molar refractivity (Wildman–Crippen MR) is 106 cm³/mol. The summed E-state index contributed by atoms with van der Waals surface area (Å²) in [4.78, 5) is 6.90. The molecule has 0 saturated heterocycles. The van der Waals surface area contributed by atoms with E-state index < -0.39 is 0 Å². The third-order valence-electron chi connectivity index (χ3n) is 5.38. The first kappa shape index (κ1) is 17.0. The van der Waals surface area contributed by atoms with E-state index in [9.17, 15) is 0 Å². The van der Waals surface area contributed by atoms with Gasteiger partial charge in [0.2, 0.25) is 0 Å². The molecule has 1 aliphatic heterocycles. The summed E-state index contributed by atoms with van der Waals surface area (Å²) < 4.78 is 2.42. The number of nitrogens with zero attached hydrogens (tertiary/aromatic N) is 3. The minimum absolute atomic E-state index is 0.286. The number of aromatic nitrogens is 2. The summed E-state index contributed by atoms with van der Waals surface area (Å²) in [5.74, 6) is 0.563. The molecule has 4 rings (SSSR count). The van der Waals surface area contributed by atoms with Gasteiger partial charge in [-0.1, -0.05) is 44.2 Å². The standard InChI is InChI=1S/C23H27N3/c1-18(2)20-8-10-21(11-9-20)23-22-7-4-13-25(22)14-5-15-26(23)17-19-6-3-12-24-16-19/h3-4,6-13,16,18,23H,5,14-15,17H2,1-2H3. The van der Waals surface area contributed by atoms with Gasteiger partial charge in [0, 0.05) is 43.9 Å². The summed E-state index contributed by atoms with van der Waals surface area (Å²) in [7, 11) is 0. The molecular weight excluding hydrogens is 318 g/mol. The molecule has 3 nitrogen and oxygen atoms in total. The largest absolute Gasteiger partial charge is 0.350 e. The van der Waals surface area contributed by atoms with E-state index in [1.54, 1.807) is 0 Å². The molecule has 3 heteroatoms. The zero-order chi connectivity index (χ0) is 17.9. The average Bonchev–Trinajstić information content (AvgIpc) is 3.04. The molecule has 0 spiro atoms. The van der Waals surface area contributed by atoms with E-state index in [0.29, 0.717) is 5.92 Å². The van der Waals surface area contributed by atoms with Crippen LogP contribution in [-0.2, 0) is 13.1 Å². The molecule has 0 fully saturated rings. The molecule has 3 heterocycles. The van der Waals surface area contributed by atoms with Crippen LogP contribution in [0.3, 0.4) is 0 Å². The summed E-state index contributed by atoms with van der Waals surface area (Å²) in [5, 5.41) is 0. The first-order valence-electron chi connectivity index (χ1n) is 9.60. The maximum Gasteiger partial charge on any atom is 0.0759 e. The van der Waals surface area contributed by atoms with Gasteiger partial charge in [-0.3, -0.25) is 9.88 Å². The minimum Gasteiger partial charge on any atom is -0.350 e. The van der Waals surface area contributed by atoms with Crippen molar-refractivity contribution in [2.45, 2.75) is 45.3 Å². The quantitative estimate of drug-likeness (QED) is 0.663. The van der Waals surface area contributed by atoms with E-state index in [-0.39, 0.29) is 6.04 Å². The Morgan fingerprint density at radius 2 is 1.88 bits per heavy atom. The summed E-state index contributed by atoms with van der Waals surface area (Å²) >= 11 is 0. The smallest absolute Gasteiger partial charge is 0.0759 e. The van der Waals surface area contributed by atoms with Gasteiger partial charge in [0.25, 0.3) is 0 Å². The molecule has 1 aliphatic rings. The fourth-order valence-corrected chi connectivity index (χ4v) is 3.98. The van der Waals surface area contributed by atoms with Crippen molar-refractivity contribution in [3.8, 4) is 0 Å². The van der Waals surface area contributed by atoms with Crippen LogP contribution in [0.5, 0.6) is 0 Å². The normalized spacial score (nSPS) is 17.9. The third-order valence-corrected chi connectivity index (χ3v) is 5.38. The van der Waals surface area contributed by atoms with Gasteiger partial charge in [-0.25, -0.2) is 0 Å².